The van der Waals surface area contributed by atoms with E-state index in [4.69, 9.17) is 9.47 Å². The minimum atomic E-state index is -0.299. The molecular weight excluding hydrogens is 282 g/mol. The molecule has 0 spiro atoms. The van der Waals surface area contributed by atoms with Gasteiger partial charge in [-0.25, -0.2) is 0 Å². The van der Waals surface area contributed by atoms with E-state index in [-0.39, 0.29) is 11.7 Å². The lowest BCUT2D eigenvalue weighted by Crippen LogP contribution is -2.07. The van der Waals surface area contributed by atoms with Crippen LogP contribution in [0.5, 0.6) is 17.2 Å². The van der Waals surface area contributed by atoms with Crippen LogP contribution in [0.1, 0.15) is 5.56 Å². The Morgan fingerprint density at radius 3 is 2.64 bits per heavy atom. The molecule has 0 fully saturated rings. The number of phenols is 1. The van der Waals surface area contributed by atoms with Crippen LogP contribution >= 0.6 is 0 Å². The van der Waals surface area contributed by atoms with Crippen LogP contribution in [0.4, 0.5) is 5.69 Å². The monoisotopic (exact) mass is 299 g/mol. The molecular formula is C17H17NO4. The summed E-state index contributed by atoms with van der Waals surface area (Å²) < 4.78 is 10.1. The highest BCUT2D eigenvalue weighted by molar-refractivity contribution is 6.02. The van der Waals surface area contributed by atoms with Crippen LogP contribution in [0.25, 0.3) is 6.08 Å². The van der Waals surface area contributed by atoms with Crippen molar-refractivity contribution in [3.05, 3.63) is 54.1 Å². The number of amides is 1. The van der Waals surface area contributed by atoms with Gasteiger partial charge in [-0.1, -0.05) is 12.1 Å². The Labute approximate surface area is 128 Å². The van der Waals surface area contributed by atoms with E-state index < -0.39 is 0 Å². The molecule has 114 valence electrons. The molecule has 2 aromatic rings. The van der Waals surface area contributed by atoms with E-state index in [1.807, 2.05) is 24.3 Å². The maximum atomic E-state index is 11.9. The fourth-order valence-electron chi connectivity index (χ4n) is 1.87. The Morgan fingerprint density at radius 1 is 1.14 bits per heavy atom. The van der Waals surface area contributed by atoms with E-state index in [0.717, 1.165) is 11.3 Å². The molecule has 0 aliphatic carbocycles. The molecule has 1 amide bonds. The van der Waals surface area contributed by atoms with Crippen molar-refractivity contribution in [2.75, 3.05) is 19.5 Å². The van der Waals surface area contributed by atoms with Crippen LogP contribution < -0.4 is 14.8 Å². The zero-order chi connectivity index (χ0) is 15.9. The SMILES string of the molecule is COc1cccc(/C=C/C(=O)Nc2ccc(OC)c(O)c2)c1. The molecule has 0 aliphatic heterocycles. The number of methoxy groups -OCH3 is 2. The second-order valence-corrected chi connectivity index (χ2v) is 4.49. The van der Waals surface area contributed by atoms with Gasteiger partial charge in [0.2, 0.25) is 5.91 Å². The number of hydrogen-bond donors (Lipinski definition) is 2. The Balaban J connectivity index is 2.03. The van der Waals surface area contributed by atoms with Crippen molar-refractivity contribution >= 4 is 17.7 Å². The van der Waals surface area contributed by atoms with E-state index >= 15 is 0 Å². The summed E-state index contributed by atoms with van der Waals surface area (Å²) in [5.74, 6) is 0.747. The number of nitrogens with one attached hydrogen (secondary N) is 1. The van der Waals surface area contributed by atoms with Crippen LogP contribution in [-0.4, -0.2) is 25.2 Å². The van der Waals surface area contributed by atoms with Crippen LogP contribution in [0.2, 0.25) is 0 Å². The van der Waals surface area contributed by atoms with E-state index in [9.17, 15) is 9.90 Å². The predicted molar refractivity (Wildman–Crippen MR) is 85.3 cm³/mol. The van der Waals surface area contributed by atoms with Gasteiger partial charge in [-0.2, -0.15) is 0 Å². The Kier molecular flexibility index (Phi) is 5.03. The van der Waals surface area contributed by atoms with Crippen LogP contribution in [-0.2, 0) is 4.79 Å². The first kappa shape index (κ1) is 15.4. The van der Waals surface area contributed by atoms with Crippen LogP contribution in [0.3, 0.4) is 0 Å². The quantitative estimate of drug-likeness (QED) is 0.833. The summed E-state index contributed by atoms with van der Waals surface area (Å²) in [6.07, 6.45) is 3.09. The predicted octanol–water partition coefficient (Wildman–Crippen LogP) is 3.06. The summed E-state index contributed by atoms with van der Waals surface area (Å²) in [4.78, 5) is 11.9. The summed E-state index contributed by atoms with van der Waals surface area (Å²) in [6, 6.07) is 12.0. The van der Waals surface area contributed by atoms with Crippen LogP contribution in [0, 0.1) is 0 Å². The van der Waals surface area contributed by atoms with Gasteiger partial charge < -0.3 is 19.9 Å². The number of anilines is 1. The van der Waals surface area contributed by atoms with Crippen LogP contribution in [0.15, 0.2) is 48.5 Å². The molecule has 0 saturated heterocycles. The summed E-state index contributed by atoms with van der Waals surface area (Å²) in [7, 11) is 3.05. The highest BCUT2D eigenvalue weighted by Crippen LogP contribution is 2.28. The van der Waals surface area contributed by atoms with Crippen molar-refractivity contribution in [1.29, 1.82) is 0 Å². The highest BCUT2D eigenvalue weighted by Gasteiger charge is 2.04. The van der Waals surface area contributed by atoms with Gasteiger partial charge >= 0.3 is 0 Å². The van der Waals surface area contributed by atoms with Crippen molar-refractivity contribution in [1.82, 2.24) is 0 Å². The third-order valence-corrected chi connectivity index (χ3v) is 2.97. The number of carbonyl (C=O) groups is 1. The van der Waals surface area contributed by atoms with E-state index in [1.165, 1.54) is 19.3 Å². The molecule has 0 bridgehead atoms. The van der Waals surface area contributed by atoms with Crippen molar-refractivity contribution in [3.8, 4) is 17.2 Å². The molecule has 0 aliphatic rings. The van der Waals surface area contributed by atoms with Crippen molar-refractivity contribution < 1.29 is 19.4 Å². The highest BCUT2D eigenvalue weighted by atomic mass is 16.5. The third kappa shape index (κ3) is 4.02. The molecule has 2 N–H and O–H groups in total. The first-order valence-electron chi connectivity index (χ1n) is 6.62. The molecule has 0 unspecified atom stereocenters. The number of benzene rings is 2. The summed E-state index contributed by atoms with van der Waals surface area (Å²) in [6.45, 7) is 0. The van der Waals surface area contributed by atoms with Crippen molar-refractivity contribution in [2.24, 2.45) is 0 Å². The average molecular weight is 299 g/mol. The van der Waals surface area contributed by atoms with Crippen molar-refractivity contribution in [3.63, 3.8) is 0 Å². The average Bonchev–Trinajstić information content (AvgIpc) is 2.53. The normalized spacial score (nSPS) is 10.5. The van der Waals surface area contributed by atoms with Gasteiger partial charge in [0.25, 0.3) is 0 Å². The number of hydrogen-bond acceptors (Lipinski definition) is 4. The number of aromatic hydroxyl groups is 1. The maximum absolute atomic E-state index is 11.9. The van der Waals surface area contributed by atoms with Gasteiger partial charge in [0.1, 0.15) is 5.75 Å². The fraction of sp³-hybridized carbons (Fsp3) is 0.118. The number of rotatable bonds is 5. The smallest absolute Gasteiger partial charge is 0.248 e. The topological polar surface area (TPSA) is 67.8 Å². The van der Waals surface area contributed by atoms with E-state index in [1.54, 1.807) is 25.3 Å². The number of carbonyl (C=O) groups excluding carboxylic acids is 1. The Morgan fingerprint density at radius 2 is 1.95 bits per heavy atom. The minimum Gasteiger partial charge on any atom is -0.504 e. The molecule has 0 heterocycles. The second kappa shape index (κ2) is 7.17. The Bertz CT molecular complexity index is 695. The summed E-state index contributed by atoms with van der Waals surface area (Å²) in [5, 5.41) is 12.3. The molecule has 0 saturated carbocycles. The third-order valence-electron chi connectivity index (χ3n) is 2.97. The van der Waals surface area contributed by atoms with Gasteiger partial charge in [0.05, 0.1) is 14.2 Å². The zero-order valence-corrected chi connectivity index (χ0v) is 12.4. The summed E-state index contributed by atoms with van der Waals surface area (Å²) in [5.41, 5.74) is 1.34. The fourth-order valence-corrected chi connectivity index (χ4v) is 1.87. The first-order valence-corrected chi connectivity index (χ1v) is 6.62. The van der Waals surface area contributed by atoms with Gasteiger partial charge in [0, 0.05) is 17.8 Å². The molecule has 0 radical (unpaired) electrons. The minimum absolute atomic E-state index is 0.0305. The lowest BCUT2D eigenvalue weighted by Gasteiger charge is -2.06. The largest absolute Gasteiger partial charge is 0.504 e. The molecule has 5 nitrogen and oxygen atoms in total. The summed E-state index contributed by atoms with van der Waals surface area (Å²) >= 11 is 0. The van der Waals surface area contributed by atoms with Gasteiger partial charge in [0.15, 0.2) is 11.5 Å². The van der Waals surface area contributed by atoms with E-state index in [2.05, 4.69) is 5.32 Å². The lowest BCUT2D eigenvalue weighted by molar-refractivity contribution is -0.111. The maximum Gasteiger partial charge on any atom is 0.248 e. The molecule has 0 aromatic heterocycles. The second-order valence-electron chi connectivity index (χ2n) is 4.49. The molecule has 2 aromatic carbocycles. The molecule has 5 heteroatoms. The van der Waals surface area contributed by atoms with Crippen molar-refractivity contribution in [2.45, 2.75) is 0 Å². The zero-order valence-electron chi connectivity index (χ0n) is 12.4. The number of phenolic OH excluding ortho intramolecular Hbond substituents is 1. The molecule has 22 heavy (non-hydrogen) atoms. The number of ether oxygens (including phenoxy) is 2. The first-order chi connectivity index (χ1) is 10.6. The standard InChI is InChI=1S/C17H17NO4/c1-21-14-5-3-4-12(10-14)6-9-17(20)18-13-7-8-16(22-2)15(19)11-13/h3-11,19H,1-2H3,(H,18,20)/b9-6+. The molecule has 2 rings (SSSR count). The van der Waals surface area contributed by atoms with E-state index in [0.29, 0.717) is 11.4 Å². The Hall–Kier alpha value is -2.95. The van der Waals surface area contributed by atoms with Gasteiger partial charge in [-0.05, 0) is 35.9 Å². The van der Waals surface area contributed by atoms with Gasteiger partial charge in [-0.3, -0.25) is 4.79 Å². The van der Waals surface area contributed by atoms with Gasteiger partial charge in [-0.15, -0.1) is 0 Å². The lowest BCUT2D eigenvalue weighted by atomic mass is 10.2. The molecule has 0 atom stereocenters.